The fourth-order valence-electron chi connectivity index (χ4n) is 3.13. The molecule has 3 amide bonds. The first-order valence-electron chi connectivity index (χ1n) is 10.8. The van der Waals surface area contributed by atoms with Crippen LogP contribution in [0.5, 0.6) is 0 Å². The number of hydrogen-bond donors (Lipinski definition) is 2. The first-order chi connectivity index (χ1) is 17.1. The molecule has 13 heteroatoms. The Morgan fingerprint density at radius 3 is 2.64 bits per heavy atom. The van der Waals surface area contributed by atoms with E-state index in [0.717, 1.165) is 11.4 Å². The number of benzene rings is 1. The van der Waals surface area contributed by atoms with E-state index in [4.69, 9.17) is 27.9 Å². The number of anilines is 1. The van der Waals surface area contributed by atoms with Gasteiger partial charge in [-0.2, -0.15) is 5.10 Å². The first-order valence-corrected chi connectivity index (χ1v) is 12.4. The molecule has 0 aliphatic heterocycles. The number of nitrogens with zero attached hydrogens (tertiary/aromatic N) is 4. The Bertz CT molecular complexity index is 1300. The van der Waals surface area contributed by atoms with Crippen molar-refractivity contribution in [3.63, 3.8) is 0 Å². The highest BCUT2D eigenvalue weighted by atomic mass is 79.9. The number of pyridine rings is 1. The van der Waals surface area contributed by atoms with Crippen LogP contribution in [0.1, 0.15) is 46.2 Å². The molecule has 2 aromatic heterocycles. The molecule has 10 nitrogen and oxygen atoms in total. The van der Waals surface area contributed by atoms with E-state index in [2.05, 4.69) is 36.8 Å². The number of aryl methyl sites for hydroxylation is 1. The number of rotatable bonds is 7. The molecule has 0 fully saturated rings. The van der Waals surface area contributed by atoms with Gasteiger partial charge in [0.25, 0.3) is 11.8 Å². The quantitative estimate of drug-likeness (QED) is 0.278. The van der Waals surface area contributed by atoms with Gasteiger partial charge in [0.05, 0.1) is 22.9 Å². The Hall–Kier alpha value is -3.15. The van der Waals surface area contributed by atoms with Crippen LogP contribution in [0.4, 0.5) is 10.5 Å². The molecule has 0 radical (unpaired) electrons. The molecular weight excluding hydrogens is 575 g/mol. The molecule has 0 spiro atoms. The molecule has 2 heterocycles. The van der Waals surface area contributed by atoms with Gasteiger partial charge in [0, 0.05) is 24.3 Å². The fraction of sp³-hybridized carbons (Fsp3) is 0.261. The third-order valence-corrected chi connectivity index (χ3v) is 5.80. The largest absolute Gasteiger partial charge is 0.448 e. The number of aromatic nitrogens is 3. The Balaban J connectivity index is 1.89. The number of ether oxygens (including phenoxy) is 1. The van der Waals surface area contributed by atoms with Crippen LogP contribution in [0.25, 0.3) is 5.82 Å². The molecule has 0 saturated carbocycles. The van der Waals surface area contributed by atoms with Gasteiger partial charge >= 0.3 is 6.09 Å². The van der Waals surface area contributed by atoms with Crippen LogP contribution in [0.2, 0.25) is 10.0 Å². The van der Waals surface area contributed by atoms with Crippen LogP contribution in [-0.4, -0.2) is 51.3 Å². The minimum atomic E-state index is -0.720. The normalized spacial score (nSPS) is 10.6. The zero-order valence-corrected chi connectivity index (χ0v) is 22.7. The zero-order valence-electron chi connectivity index (χ0n) is 19.6. The summed E-state index contributed by atoms with van der Waals surface area (Å²) < 4.78 is 6.76. The van der Waals surface area contributed by atoms with Crippen molar-refractivity contribution in [1.82, 2.24) is 25.2 Å². The minimum Gasteiger partial charge on any atom is -0.448 e. The number of unbranched alkanes of at least 4 members (excludes halogenated alkanes) is 1. The first kappa shape index (κ1) is 27.4. The van der Waals surface area contributed by atoms with Gasteiger partial charge < -0.3 is 10.1 Å². The number of carbonyl (C=O) groups is 3. The summed E-state index contributed by atoms with van der Waals surface area (Å²) >= 11 is 15.7. The standard InChI is InChI=1S/C23H23BrCl2N6O4/c1-4-5-9-36-23(35)31(3)30-21(33)15-11-14(25)10-13(2)19(15)28-22(34)17-12-18(24)29-32(17)20-16(26)7-6-8-27-20/h6-8,10-12H,4-5,9H2,1-3H3,(H,28,34)(H,30,33). The van der Waals surface area contributed by atoms with Crippen LogP contribution in [-0.2, 0) is 4.74 Å². The smallest absolute Gasteiger partial charge is 0.428 e. The van der Waals surface area contributed by atoms with Gasteiger partial charge in [0.1, 0.15) is 10.3 Å². The number of nitrogens with one attached hydrogen (secondary N) is 2. The van der Waals surface area contributed by atoms with Crippen molar-refractivity contribution in [3.8, 4) is 5.82 Å². The monoisotopic (exact) mass is 596 g/mol. The van der Waals surface area contributed by atoms with Gasteiger partial charge in [-0.3, -0.25) is 15.0 Å². The lowest BCUT2D eigenvalue weighted by molar-refractivity contribution is 0.0706. The average molecular weight is 598 g/mol. The van der Waals surface area contributed by atoms with Crippen LogP contribution >= 0.6 is 39.1 Å². The molecule has 0 aliphatic carbocycles. The van der Waals surface area contributed by atoms with Crippen LogP contribution in [0.15, 0.2) is 41.1 Å². The Morgan fingerprint density at radius 2 is 1.94 bits per heavy atom. The third kappa shape index (κ3) is 6.54. The molecule has 3 rings (SSSR count). The average Bonchev–Trinajstić information content (AvgIpc) is 3.22. The fourth-order valence-corrected chi connectivity index (χ4v) is 3.98. The lowest BCUT2D eigenvalue weighted by atomic mass is 10.1. The molecule has 0 unspecified atom stereocenters. The van der Waals surface area contributed by atoms with E-state index in [1.807, 2.05) is 6.92 Å². The predicted octanol–water partition coefficient (Wildman–Crippen LogP) is 5.41. The Kier molecular flexibility index (Phi) is 9.30. The highest BCUT2D eigenvalue weighted by Gasteiger charge is 2.23. The van der Waals surface area contributed by atoms with Gasteiger partial charge in [0.2, 0.25) is 0 Å². The maximum Gasteiger partial charge on any atom is 0.428 e. The summed E-state index contributed by atoms with van der Waals surface area (Å²) in [7, 11) is 1.36. The van der Waals surface area contributed by atoms with Crippen molar-refractivity contribution in [2.75, 3.05) is 19.0 Å². The van der Waals surface area contributed by atoms with Crippen molar-refractivity contribution in [2.45, 2.75) is 26.7 Å². The van der Waals surface area contributed by atoms with Crippen molar-refractivity contribution in [3.05, 3.63) is 68.0 Å². The molecule has 3 aromatic rings. The predicted molar refractivity (Wildman–Crippen MR) is 140 cm³/mol. The SMILES string of the molecule is CCCCOC(=O)N(C)NC(=O)c1cc(Cl)cc(C)c1NC(=O)c1cc(Br)nn1-c1ncccc1Cl. The number of halogens is 3. The summed E-state index contributed by atoms with van der Waals surface area (Å²) in [5, 5.41) is 8.49. The van der Waals surface area contributed by atoms with Gasteiger partial charge in [-0.05, 0) is 59.1 Å². The summed E-state index contributed by atoms with van der Waals surface area (Å²) in [6.07, 6.45) is 2.36. The molecule has 0 bridgehead atoms. The van der Waals surface area contributed by atoms with Crippen LogP contribution in [0.3, 0.4) is 0 Å². The number of amides is 3. The second-order valence-corrected chi connectivity index (χ2v) is 9.30. The summed E-state index contributed by atoms with van der Waals surface area (Å²) in [6.45, 7) is 3.88. The molecule has 36 heavy (non-hydrogen) atoms. The zero-order chi connectivity index (χ0) is 26.4. The molecule has 190 valence electrons. The van der Waals surface area contributed by atoms with E-state index in [-0.39, 0.29) is 34.4 Å². The van der Waals surface area contributed by atoms with E-state index in [1.54, 1.807) is 25.1 Å². The van der Waals surface area contributed by atoms with E-state index < -0.39 is 17.9 Å². The van der Waals surface area contributed by atoms with Gasteiger partial charge in [0.15, 0.2) is 5.82 Å². The van der Waals surface area contributed by atoms with Crippen LogP contribution in [0, 0.1) is 6.92 Å². The van der Waals surface area contributed by atoms with E-state index >= 15 is 0 Å². The molecule has 1 aromatic carbocycles. The Labute approximate surface area is 226 Å². The Morgan fingerprint density at radius 1 is 1.19 bits per heavy atom. The lowest BCUT2D eigenvalue weighted by Gasteiger charge is -2.20. The third-order valence-electron chi connectivity index (χ3n) is 4.90. The number of carbonyl (C=O) groups excluding carboxylic acids is 3. The van der Waals surface area contributed by atoms with Gasteiger partial charge in [-0.1, -0.05) is 36.5 Å². The number of hydrazine groups is 1. The second kappa shape index (κ2) is 12.2. The van der Waals surface area contributed by atoms with E-state index in [1.165, 1.54) is 30.1 Å². The lowest BCUT2D eigenvalue weighted by Crippen LogP contribution is -2.44. The molecule has 0 aliphatic rings. The topological polar surface area (TPSA) is 118 Å². The van der Waals surface area contributed by atoms with Gasteiger partial charge in [-0.25, -0.2) is 19.5 Å². The van der Waals surface area contributed by atoms with Crippen molar-refractivity contribution in [1.29, 1.82) is 0 Å². The van der Waals surface area contributed by atoms with E-state index in [0.29, 0.717) is 21.6 Å². The van der Waals surface area contributed by atoms with Crippen LogP contribution < -0.4 is 10.7 Å². The highest BCUT2D eigenvalue weighted by molar-refractivity contribution is 9.10. The summed E-state index contributed by atoms with van der Waals surface area (Å²) in [4.78, 5) is 42.7. The summed E-state index contributed by atoms with van der Waals surface area (Å²) in [5.41, 5.74) is 3.31. The molecule has 0 atom stereocenters. The summed E-state index contributed by atoms with van der Waals surface area (Å²) in [5.74, 6) is -1.00. The molecular formula is C23H23BrCl2N6O4. The second-order valence-electron chi connectivity index (χ2n) is 7.64. The number of hydrogen-bond acceptors (Lipinski definition) is 6. The van der Waals surface area contributed by atoms with E-state index in [9.17, 15) is 14.4 Å². The maximum absolute atomic E-state index is 13.3. The maximum atomic E-state index is 13.3. The molecule has 0 saturated heterocycles. The molecule has 2 N–H and O–H groups in total. The summed E-state index contributed by atoms with van der Waals surface area (Å²) in [6, 6.07) is 7.75. The minimum absolute atomic E-state index is 0.0440. The van der Waals surface area contributed by atoms with Gasteiger partial charge in [-0.15, -0.1) is 0 Å². The highest BCUT2D eigenvalue weighted by Crippen LogP contribution is 2.28. The van der Waals surface area contributed by atoms with Crippen molar-refractivity contribution in [2.24, 2.45) is 0 Å². The van der Waals surface area contributed by atoms with Crippen molar-refractivity contribution < 1.29 is 19.1 Å². The van der Waals surface area contributed by atoms with Crippen molar-refractivity contribution >= 4 is 62.7 Å².